The first-order valence-corrected chi connectivity index (χ1v) is 11.1. The number of nitriles is 1. The van der Waals surface area contributed by atoms with Gasteiger partial charge in [-0.25, -0.2) is 14.8 Å². The molecule has 0 aliphatic heterocycles. The molecule has 1 aromatic heterocycles. The Morgan fingerprint density at radius 2 is 2.00 bits per heavy atom. The summed E-state index contributed by atoms with van der Waals surface area (Å²) in [7, 11) is 0. The number of nitrogens with zero attached hydrogens (tertiary/aromatic N) is 3. The van der Waals surface area contributed by atoms with Crippen LogP contribution in [0, 0.1) is 23.2 Å². The SMILES string of the molecule is CC1C(=O)C(C#N)=CC2(c3cccc(C(=O)O)c3)c3nc(Nc4ccccc4)ncc3CCC12. The van der Waals surface area contributed by atoms with Crippen LogP contribution in [-0.2, 0) is 16.6 Å². The summed E-state index contributed by atoms with van der Waals surface area (Å²) in [5.41, 5.74) is 2.46. The fourth-order valence-corrected chi connectivity index (χ4v) is 5.35. The summed E-state index contributed by atoms with van der Waals surface area (Å²) in [6.07, 6.45) is 4.88. The van der Waals surface area contributed by atoms with Crippen LogP contribution in [0.2, 0.25) is 0 Å². The van der Waals surface area contributed by atoms with Crippen LogP contribution in [0.1, 0.15) is 40.5 Å². The molecule has 2 N–H and O–H groups in total. The summed E-state index contributed by atoms with van der Waals surface area (Å²) in [6.45, 7) is 1.85. The first-order chi connectivity index (χ1) is 16.4. The number of hydrogen-bond donors (Lipinski definition) is 2. The number of carboxylic acid groups (broad SMARTS) is 1. The molecule has 7 nitrogen and oxygen atoms in total. The lowest BCUT2D eigenvalue weighted by Crippen LogP contribution is -2.48. The van der Waals surface area contributed by atoms with Crippen molar-refractivity contribution < 1.29 is 14.7 Å². The van der Waals surface area contributed by atoms with Crippen molar-refractivity contribution in [3.63, 3.8) is 0 Å². The number of hydrogen-bond acceptors (Lipinski definition) is 6. The normalized spacial score (nSPS) is 23.2. The highest BCUT2D eigenvalue weighted by atomic mass is 16.4. The molecule has 0 bridgehead atoms. The summed E-state index contributed by atoms with van der Waals surface area (Å²) in [4.78, 5) is 34.1. The van der Waals surface area contributed by atoms with Crippen LogP contribution in [-0.4, -0.2) is 26.8 Å². The Morgan fingerprint density at radius 3 is 2.74 bits per heavy atom. The third-order valence-electron chi connectivity index (χ3n) is 6.96. The number of benzene rings is 2. The van der Waals surface area contributed by atoms with Gasteiger partial charge in [0.1, 0.15) is 6.07 Å². The van der Waals surface area contributed by atoms with Crippen molar-refractivity contribution in [2.45, 2.75) is 25.2 Å². The monoisotopic (exact) mass is 450 g/mol. The lowest BCUT2D eigenvalue weighted by Gasteiger charge is -2.47. The van der Waals surface area contributed by atoms with Gasteiger partial charge in [0.25, 0.3) is 0 Å². The quantitative estimate of drug-likeness (QED) is 0.604. The van der Waals surface area contributed by atoms with Gasteiger partial charge in [0, 0.05) is 17.8 Å². The Balaban J connectivity index is 1.77. The number of Topliss-reactive ketones (excluding diaryl/α,β-unsaturated/α-hetero) is 1. The number of aromatic nitrogens is 2. The lowest BCUT2D eigenvalue weighted by atomic mass is 9.54. The third-order valence-corrected chi connectivity index (χ3v) is 6.96. The number of aromatic carboxylic acids is 1. The van der Waals surface area contributed by atoms with Gasteiger partial charge in [-0.15, -0.1) is 0 Å². The first-order valence-electron chi connectivity index (χ1n) is 11.1. The molecular formula is C27H22N4O3. The molecule has 0 saturated carbocycles. The van der Waals surface area contributed by atoms with Crippen LogP contribution in [0.5, 0.6) is 0 Å². The zero-order valence-corrected chi connectivity index (χ0v) is 18.5. The zero-order chi connectivity index (χ0) is 23.9. The molecule has 2 aliphatic rings. The Bertz CT molecular complexity index is 1380. The minimum absolute atomic E-state index is 0.0773. The van der Waals surface area contributed by atoms with Crippen LogP contribution in [0.25, 0.3) is 0 Å². The van der Waals surface area contributed by atoms with Crippen LogP contribution in [0.3, 0.4) is 0 Å². The number of fused-ring (bicyclic) bond motifs is 3. The fraction of sp³-hybridized carbons (Fsp3) is 0.222. The van der Waals surface area contributed by atoms with Gasteiger partial charge in [-0.1, -0.05) is 37.3 Å². The summed E-state index contributed by atoms with van der Waals surface area (Å²) >= 11 is 0. The largest absolute Gasteiger partial charge is 0.478 e. The number of ketones is 1. The highest BCUT2D eigenvalue weighted by molar-refractivity contribution is 6.02. The second-order valence-corrected chi connectivity index (χ2v) is 8.78. The number of aryl methyl sites for hydroxylation is 1. The first kappa shape index (κ1) is 21.5. The van der Waals surface area contributed by atoms with Gasteiger partial charge in [-0.3, -0.25) is 4.79 Å². The van der Waals surface area contributed by atoms with E-state index in [2.05, 4.69) is 16.4 Å². The zero-order valence-electron chi connectivity index (χ0n) is 18.5. The van der Waals surface area contributed by atoms with Crippen molar-refractivity contribution in [2.24, 2.45) is 11.8 Å². The molecule has 0 spiro atoms. The molecule has 0 amide bonds. The van der Waals surface area contributed by atoms with Gasteiger partial charge in [0.2, 0.25) is 5.95 Å². The van der Waals surface area contributed by atoms with E-state index in [0.717, 1.165) is 11.3 Å². The molecule has 34 heavy (non-hydrogen) atoms. The molecule has 7 heteroatoms. The third kappa shape index (κ3) is 3.35. The number of para-hydroxylation sites is 1. The van der Waals surface area contributed by atoms with Gasteiger partial charge < -0.3 is 10.4 Å². The molecular weight excluding hydrogens is 428 g/mol. The Kier molecular flexibility index (Phi) is 5.21. The summed E-state index contributed by atoms with van der Waals surface area (Å²) < 4.78 is 0. The van der Waals surface area contributed by atoms with E-state index in [-0.39, 0.29) is 22.8 Å². The maximum absolute atomic E-state index is 13.0. The predicted molar refractivity (Wildman–Crippen MR) is 126 cm³/mol. The molecule has 0 saturated heterocycles. The number of allylic oxidation sites excluding steroid dienone is 2. The Morgan fingerprint density at radius 1 is 1.21 bits per heavy atom. The number of carboxylic acids is 1. The maximum atomic E-state index is 13.0. The number of anilines is 2. The van der Waals surface area contributed by atoms with Crippen molar-refractivity contribution >= 4 is 23.4 Å². The molecule has 1 heterocycles. The van der Waals surface area contributed by atoms with Gasteiger partial charge in [0.05, 0.1) is 22.2 Å². The van der Waals surface area contributed by atoms with E-state index < -0.39 is 17.3 Å². The minimum atomic E-state index is -1.04. The van der Waals surface area contributed by atoms with Crippen LogP contribution in [0.15, 0.2) is 72.4 Å². The molecule has 168 valence electrons. The predicted octanol–water partition coefficient (Wildman–Crippen LogP) is 4.44. The molecule has 2 aliphatic carbocycles. The van der Waals surface area contributed by atoms with Crippen molar-refractivity contribution in [3.05, 3.63) is 94.8 Å². The average molecular weight is 450 g/mol. The van der Waals surface area contributed by atoms with Crippen LogP contribution < -0.4 is 5.32 Å². The van der Waals surface area contributed by atoms with E-state index in [4.69, 9.17) is 4.98 Å². The molecule has 2 aromatic carbocycles. The molecule has 0 radical (unpaired) electrons. The second kappa shape index (κ2) is 8.23. The van der Waals surface area contributed by atoms with E-state index in [1.807, 2.05) is 43.3 Å². The molecule has 0 fully saturated rings. The van der Waals surface area contributed by atoms with E-state index in [0.29, 0.717) is 30.0 Å². The van der Waals surface area contributed by atoms with Crippen molar-refractivity contribution in [2.75, 3.05) is 5.32 Å². The molecule has 3 atom stereocenters. The summed E-state index contributed by atoms with van der Waals surface area (Å²) in [5, 5.41) is 22.7. The standard InChI is InChI=1S/C27H22N4O3/c1-16-22-11-10-18-15-29-26(30-21-8-3-2-4-9-21)31-24(18)27(22,13-19(14-28)23(16)32)20-7-5-6-17(12-20)25(33)34/h2-9,12-13,15-16,22H,10-11H2,1H3,(H,33,34)(H,29,30,31). The van der Waals surface area contributed by atoms with Gasteiger partial charge in [-0.05, 0) is 60.2 Å². The van der Waals surface area contributed by atoms with E-state index in [1.165, 1.54) is 6.07 Å². The highest BCUT2D eigenvalue weighted by Gasteiger charge is 2.53. The highest BCUT2D eigenvalue weighted by Crippen LogP contribution is 2.53. The van der Waals surface area contributed by atoms with Crippen LogP contribution in [0.4, 0.5) is 11.6 Å². The van der Waals surface area contributed by atoms with Crippen molar-refractivity contribution in [1.82, 2.24) is 9.97 Å². The Hall–Kier alpha value is -4.31. The number of nitrogens with one attached hydrogen (secondary N) is 1. The van der Waals surface area contributed by atoms with E-state index >= 15 is 0 Å². The van der Waals surface area contributed by atoms with Gasteiger partial charge in [0.15, 0.2) is 5.78 Å². The average Bonchev–Trinajstić information content (AvgIpc) is 2.86. The van der Waals surface area contributed by atoms with E-state index in [1.54, 1.807) is 24.4 Å². The van der Waals surface area contributed by atoms with Gasteiger partial charge >= 0.3 is 5.97 Å². The van der Waals surface area contributed by atoms with Crippen LogP contribution >= 0.6 is 0 Å². The smallest absolute Gasteiger partial charge is 0.335 e. The number of carbonyl (C=O) groups excluding carboxylic acids is 1. The molecule has 5 rings (SSSR count). The second-order valence-electron chi connectivity index (χ2n) is 8.78. The van der Waals surface area contributed by atoms with E-state index in [9.17, 15) is 20.0 Å². The van der Waals surface area contributed by atoms with Crippen molar-refractivity contribution in [3.8, 4) is 6.07 Å². The molecule has 3 aromatic rings. The topological polar surface area (TPSA) is 116 Å². The van der Waals surface area contributed by atoms with Crippen molar-refractivity contribution in [1.29, 1.82) is 5.26 Å². The Labute approximate surface area is 196 Å². The number of rotatable bonds is 4. The summed E-state index contributed by atoms with van der Waals surface area (Å²) in [5.74, 6) is -1.41. The fourth-order valence-electron chi connectivity index (χ4n) is 5.35. The molecule has 3 unspecified atom stereocenters. The summed E-state index contributed by atoms with van der Waals surface area (Å²) in [6, 6.07) is 18.3. The minimum Gasteiger partial charge on any atom is -0.478 e. The lowest BCUT2D eigenvalue weighted by molar-refractivity contribution is -0.121. The van der Waals surface area contributed by atoms with Gasteiger partial charge in [-0.2, -0.15) is 5.26 Å². The maximum Gasteiger partial charge on any atom is 0.335 e. The number of carbonyl (C=O) groups is 2.